The molecule has 3 rings (SSSR count). The maximum Gasteiger partial charge on any atom is 0.230 e. The number of nitrogens with zero attached hydrogens (tertiary/aromatic N) is 1. The number of benzene rings is 1. The van der Waals surface area contributed by atoms with E-state index in [0.29, 0.717) is 17.6 Å². The van der Waals surface area contributed by atoms with Gasteiger partial charge in [-0.3, -0.25) is 9.59 Å². The number of aryl methyl sites for hydroxylation is 1. The summed E-state index contributed by atoms with van der Waals surface area (Å²) in [5, 5.41) is 8.45. The number of aromatic nitrogens is 1. The van der Waals surface area contributed by atoms with Crippen LogP contribution in [0.5, 0.6) is 0 Å². The largest absolute Gasteiger partial charge is 0.356 e. The van der Waals surface area contributed by atoms with Gasteiger partial charge < -0.3 is 10.6 Å². The van der Waals surface area contributed by atoms with Crippen molar-refractivity contribution in [3.8, 4) is 11.3 Å². The van der Waals surface area contributed by atoms with Gasteiger partial charge in [0.15, 0.2) is 5.13 Å². The lowest BCUT2D eigenvalue weighted by molar-refractivity contribution is -0.119. The lowest BCUT2D eigenvalue weighted by atomic mass is 10.1. The third-order valence-corrected chi connectivity index (χ3v) is 6.46. The minimum Gasteiger partial charge on any atom is -0.356 e. The molecule has 1 aromatic heterocycles. The van der Waals surface area contributed by atoms with Gasteiger partial charge in [-0.1, -0.05) is 49.8 Å². The van der Waals surface area contributed by atoms with Crippen molar-refractivity contribution in [2.75, 3.05) is 11.9 Å². The van der Waals surface area contributed by atoms with Crippen LogP contribution in [0.4, 0.5) is 5.13 Å². The van der Waals surface area contributed by atoms with Crippen LogP contribution in [0.2, 0.25) is 0 Å². The van der Waals surface area contributed by atoms with Crippen LogP contribution in [-0.4, -0.2) is 23.3 Å². The Bertz CT molecular complexity index is 940. The molecule has 0 saturated heterocycles. The Balaban J connectivity index is 1.57. The quantitative estimate of drug-likeness (QED) is 0.459. The average molecular weight is 426 g/mol. The van der Waals surface area contributed by atoms with Crippen LogP contribution in [0.1, 0.15) is 46.6 Å². The topological polar surface area (TPSA) is 71.1 Å². The number of rotatable bonds is 8. The lowest BCUT2D eigenvalue weighted by Crippen LogP contribution is -2.21. The van der Waals surface area contributed by atoms with E-state index in [9.17, 15) is 9.59 Å². The lowest BCUT2D eigenvalue weighted by Gasteiger charge is -2.04. The number of hydrogen-bond acceptors (Lipinski definition) is 4. The molecule has 1 fully saturated rings. The standard InChI is InChI=1S/C24H31N3O2S/c1-15(2)13-19-21(24(19,4)5)22(29)27-23-26-20(14-30-23)18-10-8-17(9-11-18)7-6-12-25-16(3)28/h8-11,13-14,19,21H,6-7,12H2,1-5H3,(H,25,28)(H,26,27,29). The molecule has 1 aliphatic carbocycles. The molecule has 0 spiro atoms. The molecule has 30 heavy (non-hydrogen) atoms. The first-order valence-corrected chi connectivity index (χ1v) is 11.3. The molecule has 0 radical (unpaired) electrons. The molecule has 2 unspecified atom stereocenters. The molecule has 2 amide bonds. The highest BCUT2D eigenvalue weighted by Gasteiger charge is 2.60. The molecule has 5 nitrogen and oxygen atoms in total. The first-order valence-electron chi connectivity index (χ1n) is 10.4. The minimum absolute atomic E-state index is 0.00277. The van der Waals surface area contributed by atoms with E-state index >= 15 is 0 Å². The van der Waals surface area contributed by atoms with Crippen LogP contribution in [0.25, 0.3) is 11.3 Å². The van der Waals surface area contributed by atoms with Gasteiger partial charge in [0.25, 0.3) is 0 Å². The number of nitrogens with one attached hydrogen (secondary N) is 2. The third-order valence-electron chi connectivity index (χ3n) is 5.71. The maximum absolute atomic E-state index is 12.7. The summed E-state index contributed by atoms with van der Waals surface area (Å²) in [4.78, 5) is 28.3. The fraction of sp³-hybridized carbons (Fsp3) is 0.458. The van der Waals surface area contributed by atoms with Crippen LogP contribution < -0.4 is 10.6 Å². The predicted molar refractivity (Wildman–Crippen MR) is 123 cm³/mol. The Labute approximate surface area is 183 Å². The zero-order valence-corrected chi connectivity index (χ0v) is 19.2. The second-order valence-electron chi connectivity index (χ2n) is 8.88. The summed E-state index contributed by atoms with van der Waals surface area (Å²) in [5.41, 5.74) is 4.38. The molecule has 1 heterocycles. The zero-order chi connectivity index (χ0) is 21.9. The Hall–Kier alpha value is -2.47. The van der Waals surface area contributed by atoms with Gasteiger partial charge >= 0.3 is 0 Å². The van der Waals surface area contributed by atoms with E-state index < -0.39 is 0 Å². The molecule has 1 saturated carbocycles. The summed E-state index contributed by atoms with van der Waals surface area (Å²) in [6.45, 7) is 10.7. The van der Waals surface area contributed by atoms with Gasteiger partial charge in [0.05, 0.1) is 11.6 Å². The monoisotopic (exact) mass is 425 g/mol. The fourth-order valence-electron chi connectivity index (χ4n) is 3.89. The number of amides is 2. The van der Waals surface area contributed by atoms with E-state index in [0.717, 1.165) is 24.1 Å². The van der Waals surface area contributed by atoms with E-state index in [-0.39, 0.29) is 23.1 Å². The summed E-state index contributed by atoms with van der Waals surface area (Å²) >= 11 is 1.46. The summed E-state index contributed by atoms with van der Waals surface area (Å²) in [6.07, 6.45) is 4.04. The fourth-order valence-corrected chi connectivity index (χ4v) is 4.62. The number of hydrogen-bond donors (Lipinski definition) is 2. The first-order chi connectivity index (χ1) is 14.2. The highest BCUT2D eigenvalue weighted by atomic mass is 32.1. The van der Waals surface area contributed by atoms with E-state index in [4.69, 9.17) is 0 Å². The van der Waals surface area contributed by atoms with Gasteiger partial charge in [0, 0.05) is 24.4 Å². The van der Waals surface area contributed by atoms with Crippen LogP contribution in [0, 0.1) is 17.3 Å². The number of anilines is 1. The molecular formula is C24H31N3O2S. The van der Waals surface area contributed by atoms with Crippen LogP contribution >= 0.6 is 11.3 Å². The van der Waals surface area contributed by atoms with Gasteiger partial charge in [0.2, 0.25) is 11.8 Å². The highest BCUT2D eigenvalue weighted by Crippen LogP contribution is 2.59. The van der Waals surface area contributed by atoms with Gasteiger partial charge in [-0.15, -0.1) is 11.3 Å². The molecule has 2 N–H and O–H groups in total. The van der Waals surface area contributed by atoms with Crippen LogP contribution in [0.3, 0.4) is 0 Å². The second-order valence-corrected chi connectivity index (χ2v) is 9.74. The van der Waals surface area contributed by atoms with Crippen molar-refractivity contribution < 1.29 is 9.59 Å². The van der Waals surface area contributed by atoms with Crippen molar-refractivity contribution in [2.24, 2.45) is 17.3 Å². The van der Waals surface area contributed by atoms with Gasteiger partial charge in [-0.25, -0.2) is 4.98 Å². The molecule has 2 atom stereocenters. The second kappa shape index (κ2) is 9.13. The van der Waals surface area contributed by atoms with Crippen molar-refractivity contribution in [1.82, 2.24) is 10.3 Å². The Morgan fingerprint density at radius 2 is 1.87 bits per heavy atom. The summed E-state index contributed by atoms with van der Waals surface area (Å²) in [6, 6.07) is 8.31. The van der Waals surface area contributed by atoms with Crippen molar-refractivity contribution >= 4 is 28.3 Å². The number of thiazole rings is 1. The van der Waals surface area contributed by atoms with Gasteiger partial charge in [0.1, 0.15) is 0 Å². The third kappa shape index (κ3) is 5.36. The van der Waals surface area contributed by atoms with E-state index in [1.807, 2.05) is 5.38 Å². The van der Waals surface area contributed by atoms with E-state index in [2.05, 4.69) is 73.7 Å². The molecule has 0 bridgehead atoms. The molecule has 1 aliphatic rings. The van der Waals surface area contributed by atoms with Crippen LogP contribution in [-0.2, 0) is 16.0 Å². The van der Waals surface area contributed by atoms with Crippen molar-refractivity contribution in [1.29, 1.82) is 0 Å². The Kier molecular flexibility index (Phi) is 6.76. The molecule has 160 valence electrons. The highest BCUT2D eigenvalue weighted by molar-refractivity contribution is 7.14. The molecule has 1 aromatic carbocycles. The SMILES string of the molecule is CC(=O)NCCCc1ccc(-c2csc(NC(=O)C3C(C=C(C)C)C3(C)C)n2)cc1. The smallest absolute Gasteiger partial charge is 0.230 e. The molecule has 2 aromatic rings. The Morgan fingerprint density at radius 3 is 2.50 bits per heavy atom. The molecule has 6 heteroatoms. The van der Waals surface area contributed by atoms with Crippen molar-refractivity contribution in [3.05, 3.63) is 46.9 Å². The summed E-state index contributed by atoms with van der Waals surface area (Å²) < 4.78 is 0. The Morgan fingerprint density at radius 1 is 1.17 bits per heavy atom. The molecule has 0 aliphatic heterocycles. The minimum atomic E-state index is -0.00322. The number of allylic oxidation sites excluding steroid dienone is 2. The molecular weight excluding hydrogens is 394 g/mol. The zero-order valence-electron chi connectivity index (χ0n) is 18.4. The van der Waals surface area contributed by atoms with Gasteiger partial charge in [-0.2, -0.15) is 0 Å². The van der Waals surface area contributed by atoms with Gasteiger partial charge in [-0.05, 0) is 43.6 Å². The maximum atomic E-state index is 12.7. The van der Waals surface area contributed by atoms with Crippen molar-refractivity contribution in [3.63, 3.8) is 0 Å². The average Bonchev–Trinajstić information content (AvgIpc) is 3.00. The summed E-state index contributed by atoms with van der Waals surface area (Å²) in [7, 11) is 0. The summed E-state index contributed by atoms with van der Waals surface area (Å²) in [5.74, 6) is 0.351. The van der Waals surface area contributed by atoms with Crippen molar-refractivity contribution in [2.45, 2.75) is 47.5 Å². The normalized spacial score (nSPS) is 19.1. The van der Waals surface area contributed by atoms with E-state index in [1.54, 1.807) is 0 Å². The number of carbonyl (C=O) groups is 2. The van der Waals surface area contributed by atoms with Crippen LogP contribution in [0.15, 0.2) is 41.3 Å². The predicted octanol–water partition coefficient (Wildman–Crippen LogP) is 5.06. The first kappa shape index (κ1) is 22.2. The number of carbonyl (C=O) groups excluding carboxylic acids is 2. The van der Waals surface area contributed by atoms with E-state index in [1.165, 1.54) is 29.4 Å².